The summed E-state index contributed by atoms with van der Waals surface area (Å²) in [7, 11) is 0. The molecule has 1 saturated heterocycles. The summed E-state index contributed by atoms with van der Waals surface area (Å²) in [5, 5.41) is 5.31. The monoisotopic (exact) mass is 489 g/mol. The molecule has 2 N–H and O–H groups in total. The molecule has 0 atom stereocenters. The molecule has 1 aliphatic heterocycles. The summed E-state index contributed by atoms with van der Waals surface area (Å²) in [5.74, 6) is 1.06. The highest BCUT2D eigenvalue weighted by atomic mass is 16.6. The van der Waals surface area contributed by atoms with Gasteiger partial charge in [-0.1, -0.05) is 32.9 Å². The van der Waals surface area contributed by atoms with E-state index in [0.717, 1.165) is 18.6 Å². The van der Waals surface area contributed by atoms with Gasteiger partial charge in [0.2, 0.25) is 11.8 Å². The summed E-state index contributed by atoms with van der Waals surface area (Å²) in [6.07, 6.45) is 2.24. The molecule has 35 heavy (non-hydrogen) atoms. The Hall–Kier alpha value is -2.77. The Morgan fingerprint density at radius 3 is 2.17 bits per heavy atom. The number of piperidine rings is 1. The van der Waals surface area contributed by atoms with E-state index >= 15 is 0 Å². The van der Waals surface area contributed by atoms with Crippen LogP contribution in [0.5, 0.6) is 5.75 Å². The molecule has 0 radical (unpaired) electrons. The fraction of sp³-hybridized carbons (Fsp3) is 0.667. The summed E-state index contributed by atoms with van der Waals surface area (Å²) < 4.78 is 10.9. The second kappa shape index (κ2) is 12.8. The van der Waals surface area contributed by atoms with Crippen LogP contribution in [0.1, 0.15) is 72.8 Å². The van der Waals surface area contributed by atoms with Crippen molar-refractivity contribution in [2.24, 2.45) is 5.92 Å². The largest absolute Gasteiger partial charge is 0.494 e. The van der Waals surface area contributed by atoms with Crippen LogP contribution in [0.3, 0.4) is 0 Å². The van der Waals surface area contributed by atoms with Crippen LogP contribution in [0.4, 0.5) is 4.79 Å². The number of hydrogen-bond acceptors (Lipinski definition) is 5. The standard InChI is InChI=1S/C27H43N3O5/c1-26(2,3)21-9-11-22(12-10-21)34-17-7-8-24(32)30-15-13-20(14-16-30)18-28-23(31)19-29-25(33)35-27(4,5)6/h9-12,20H,7-8,13-19H2,1-6H3,(H,28,31)(H,29,33). The highest BCUT2D eigenvalue weighted by Gasteiger charge is 2.23. The van der Waals surface area contributed by atoms with Crippen LogP contribution in [0.15, 0.2) is 24.3 Å². The van der Waals surface area contributed by atoms with Gasteiger partial charge in [0.1, 0.15) is 11.4 Å². The molecule has 1 aromatic rings. The number of alkyl carbamates (subject to hydrolysis) is 1. The van der Waals surface area contributed by atoms with E-state index in [2.05, 4.69) is 43.5 Å². The van der Waals surface area contributed by atoms with Gasteiger partial charge in [-0.15, -0.1) is 0 Å². The molecule has 1 aromatic carbocycles. The average Bonchev–Trinajstić information content (AvgIpc) is 2.78. The average molecular weight is 490 g/mol. The number of likely N-dealkylation sites (tertiary alicyclic amines) is 1. The van der Waals surface area contributed by atoms with E-state index in [1.54, 1.807) is 20.8 Å². The number of nitrogens with zero attached hydrogens (tertiary/aromatic N) is 1. The van der Waals surface area contributed by atoms with Gasteiger partial charge in [0, 0.05) is 26.1 Å². The van der Waals surface area contributed by atoms with Crippen molar-refractivity contribution in [2.75, 3.05) is 32.8 Å². The zero-order valence-electron chi connectivity index (χ0n) is 22.2. The van der Waals surface area contributed by atoms with Crippen molar-refractivity contribution in [3.8, 4) is 5.75 Å². The summed E-state index contributed by atoms with van der Waals surface area (Å²) in [5.41, 5.74) is 0.779. The lowest BCUT2D eigenvalue weighted by Gasteiger charge is -2.32. The fourth-order valence-electron chi connectivity index (χ4n) is 3.80. The van der Waals surface area contributed by atoms with Gasteiger partial charge in [-0.05, 0) is 69.1 Å². The maximum atomic E-state index is 12.5. The summed E-state index contributed by atoms with van der Waals surface area (Å²) >= 11 is 0. The molecule has 0 saturated carbocycles. The smallest absolute Gasteiger partial charge is 0.408 e. The SMILES string of the molecule is CC(C)(C)OC(=O)NCC(=O)NCC1CCN(C(=O)CCCOc2ccc(C(C)(C)C)cc2)CC1. The minimum Gasteiger partial charge on any atom is -0.494 e. The number of nitrogens with one attached hydrogen (secondary N) is 2. The van der Waals surface area contributed by atoms with Crippen molar-refractivity contribution >= 4 is 17.9 Å². The van der Waals surface area contributed by atoms with Crippen molar-refractivity contribution in [1.29, 1.82) is 0 Å². The van der Waals surface area contributed by atoms with E-state index in [-0.39, 0.29) is 23.8 Å². The Kier molecular flexibility index (Phi) is 10.4. The number of carbonyl (C=O) groups is 3. The van der Waals surface area contributed by atoms with Gasteiger partial charge in [0.15, 0.2) is 0 Å². The molecule has 1 heterocycles. The van der Waals surface area contributed by atoms with E-state index in [1.165, 1.54) is 5.56 Å². The Morgan fingerprint density at radius 1 is 0.971 bits per heavy atom. The van der Waals surface area contributed by atoms with Crippen LogP contribution < -0.4 is 15.4 Å². The number of ether oxygens (including phenoxy) is 2. The van der Waals surface area contributed by atoms with E-state index in [1.807, 2.05) is 17.0 Å². The third kappa shape index (κ3) is 11.0. The summed E-state index contributed by atoms with van der Waals surface area (Å²) in [6.45, 7) is 14.2. The van der Waals surface area contributed by atoms with Gasteiger partial charge < -0.3 is 25.0 Å². The van der Waals surface area contributed by atoms with Gasteiger partial charge in [-0.2, -0.15) is 0 Å². The predicted octanol–water partition coefficient (Wildman–Crippen LogP) is 4.02. The van der Waals surface area contributed by atoms with Gasteiger partial charge in [-0.3, -0.25) is 9.59 Å². The third-order valence-electron chi connectivity index (χ3n) is 5.87. The normalized spacial score (nSPS) is 14.9. The first-order chi connectivity index (χ1) is 16.3. The second-order valence-corrected chi connectivity index (χ2v) is 11.2. The van der Waals surface area contributed by atoms with E-state index in [0.29, 0.717) is 45.0 Å². The third-order valence-corrected chi connectivity index (χ3v) is 5.87. The van der Waals surface area contributed by atoms with Crippen molar-refractivity contribution in [3.63, 3.8) is 0 Å². The van der Waals surface area contributed by atoms with Gasteiger partial charge >= 0.3 is 6.09 Å². The van der Waals surface area contributed by atoms with Gasteiger partial charge in [-0.25, -0.2) is 4.79 Å². The molecule has 0 aromatic heterocycles. The Morgan fingerprint density at radius 2 is 1.60 bits per heavy atom. The quantitative estimate of drug-likeness (QED) is 0.511. The van der Waals surface area contributed by atoms with Crippen LogP contribution in [0, 0.1) is 5.92 Å². The second-order valence-electron chi connectivity index (χ2n) is 11.2. The first-order valence-electron chi connectivity index (χ1n) is 12.6. The molecule has 0 spiro atoms. The van der Waals surface area contributed by atoms with E-state index < -0.39 is 11.7 Å². The van der Waals surface area contributed by atoms with Crippen LogP contribution >= 0.6 is 0 Å². The molecule has 0 unspecified atom stereocenters. The van der Waals surface area contributed by atoms with Crippen molar-refractivity contribution in [2.45, 2.75) is 78.2 Å². The van der Waals surface area contributed by atoms with Crippen molar-refractivity contribution < 1.29 is 23.9 Å². The maximum Gasteiger partial charge on any atom is 0.408 e. The number of amides is 3. The molecule has 1 fully saturated rings. The maximum absolute atomic E-state index is 12.5. The Labute approximate surface area is 210 Å². The lowest BCUT2D eigenvalue weighted by Crippen LogP contribution is -2.44. The van der Waals surface area contributed by atoms with Gasteiger partial charge in [0.05, 0.1) is 13.2 Å². The first kappa shape index (κ1) is 28.5. The highest BCUT2D eigenvalue weighted by molar-refractivity contribution is 5.82. The topological polar surface area (TPSA) is 97.0 Å². The molecule has 8 nitrogen and oxygen atoms in total. The number of hydrogen-bond donors (Lipinski definition) is 2. The van der Waals surface area contributed by atoms with Crippen molar-refractivity contribution in [1.82, 2.24) is 15.5 Å². The van der Waals surface area contributed by atoms with Crippen LogP contribution in [-0.2, 0) is 19.7 Å². The summed E-state index contributed by atoms with van der Waals surface area (Å²) in [4.78, 5) is 38.0. The van der Waals surface area contributed by atoms with E-state index in [4.69, 9.17) is 9.47 Å². The van der Waals surface area contributed by atoms with Crippen LogP contribution in [0.2, 0.25) is 0 Å². The Balaban J connectivity index is 1.57. The van der Waals surface area contributed by atoms with E-state index in [9.17, 15) is 14.4 Å². The zero-order chi connectivity index (χ0) is 26.1. The molecule has 8 heteroatoms. The minimum atomic E-state index is -0.608. The zero-order valence-corrected chi connectivity index (χ0v) is 22.2. The molecular weight excluding hydrogens is 446 g/mol. The first-order valence-corrected chi connectivity index (χ1v) is 12.6. The molecule has 3 amide bonds. The molecule has 0 bridgehead atoms. The lowest BCUT2D eigenvalue weighted by molar-refractivity contribution is -0.133. The predicted molar refractivity (Wildman–Crippen MR) is 136 cm³/mol. The minimum absolute atomic E-state index is 0.114. The number of benzene rings is 1. The molecular formula is C27H43N3O5. The fourth-order valence-corrected chi connectivity index (χ4v) is 3.80. The van der Waals surface area contributed by atoms with Crippen molar-refractivity contribution in [3.05, 3.63) is 29.8 Å². The number of rotatable bonds is 9. The lowest BCUT2D eigenvalue weighted by atomic mass is 9.87. The molecule has 196 valence electrons. The van der Waals surface area contributed by atoms with Gasteiger partial charge in [0.25, 0.3) is 0 Å². The van der Waals surface area contributed by atoms with Crippen LogP contribution in [-0.4, -0.2) is 61.2 Å². The highest BCUT2D eigenvalue weighted by Crippen LogP contribution is 2.24. The molecule has 0 aliphatic carbocycles. The summed E-state index contributed by atoms with van der Waals surface area (Å²) in [6, 6.07) is 8.15. The number of carbonyl (C=O) groups excluding carboxylic acids is 3. The van der Waals surface area contributed by atoms with Crippen LogP contribution in [0.25, 0.3) is 0 Å². The molecule has 2 rings (SSSR count). The Bertz CT molecular complexity index is 832. The molecule has 1 aliphatic rings.